The van der Waals surface area contributed by atoms with E-state index < -0.39 is 92.9 Å². The van der Waals surface area contributed by atoms with Crippen LogP contribution in [0.1, 0.15) is 272 Å². The normalized spacial score (nSPS) is 15.4. The summed E-state index contributed by atoms with van der Waals surface area (Å²) in [5.74, 6) is 51.2. The average molecular weight is 1980 g/mol. The molecule has 602 valence electrons. The minimum atomic E-state index is -3.15. The van der Waals surface area contributed by atoms with E-state index in [-0.39, 0.29) is 0 Å². The Labute approximate surface area is 742 Å². The van der Waals surface area contributed by atoms with Crippen LogP contribution < -0.4 is 0 Å². The average Bonchev–Trinajstić information content (AvgIpc) is 0.832. The third-order valence-electron chi connectivity index (χ3n) is 24.7. The standard InChI is InChI=1S/C112H126Ge7/c1-85(2)113(86(3)4)71-57-99-29-33-101(34-30-99)59-73-114(87(5)6,88(7)8)75-61-103-37-41-105(42-38-103)63-77-116(91(13)14,92(15)16)79-65-107-45-49-109(50-46-107)67-81-118(95(21)22,96(23)24)83-69-111-53-55-112(56-54-111)70-84-119(97(25)26,98(27)28)82-68-110-51-47-108(48-52-110)66-80-117(93(17)18,94(19)20)78-64-106-43-39-104(40-44-106)62-76-115(89(9)10,90(11)12)74-60-102-35-31-100(32-36-102)58-72-113/h29-56,85-98H,1-28H3. The molecule has 0 radical (unpaired) electrons. The molecule has 15 rings (SSSR count). The Hall–Kier alpha value is -7.82. The molecule has 0 nitrogen and oxygen atoms in total. The summed E-state index contributed by atoms with van der Waals surface area (Å²) in [6.07, 6.45) is 0. The van der Waals surface area contributed by atoms with E-state index in [1.54, 1.807) is 0 Å². The van der Waals surface area contributed by atoms with Crippen molar-refractivity contribution in [2.75, 3.05) is 0 Å². The van der Waals surface area contributed by atoms with E-state index in [9.17, 15) is 0 Å². The third-order valence-corrected chi connectivity index (χ3v) is 94.1. The second kappa shape index (κ2) is 43.3. The van der Waals surface area contributed by atoms with E-state index in [2.05, 4.69) is 513 Å². The van der Waals surface area contributed by atoms with Gasteiger partial charge in [-0.1, -0.05) is 0 Å². The number of fused-ring (bicyclic) bond motifs is 7. The molecule has 8 heterocycles. The SMILES string of the molecule is C[CH](C)[Ge]1([CH](C)C)[C]#Cc2ccc(cc2)C#[C][Ge]([CH](C)C)([CH](C)C)[C]#Cc2ccc(cc2)C#[C][Ge]([CH](C)C)([CH](C)C)[C]#Cc2ccc(cc2)C#[C][Ge]([CH](C)C)([CH](C)C)[C]#Cc2ccc(cc2)C#[C][Ge]([CH](C)C)([CH](C)C)[C]#Cc2ccc(cc2)C#[C][Ge]([CH](C)C)([CH](C)C)[C]#Cc2ccc(cc2)C#[C][Ge]([CH](C)C)([CH](C)C)[C]#Cc2ccc(cc2)C#[C]1. The van der Waals surface area contributed by atoms with Crippen LogP contribution in [0.4, 0.5) is 0 Å². The number of hydrogen-bond acceptors (Lipinski definition) is 0. The van der Waals surface area contributed by atoms with Crippen LogP contribution in [0.5, 0.6) is 0 Å². The monoisotopic (exact) mass is 1990 g/mol. The molecule has 0 fully saturated rings. The zero-order valence-corrected chi connectivity index (χ0v) is 91.4. The third kappa shape index (κ3) is 24.3. The van der Waals surface area contributed by atoms with Crippen LogP contribution in [0.3, 0.4) is 0 Å². The Morgan fingerprint density at radius 1 is 0.109 bits per heavy atom. The zero-order valence-electron chi connectivity index (χ0n) is 76.7. The van der Waals surface area contributed by atoms with Gasteiger partial charge in [-0.15, -0.1) is 0 Å². The molecule has 0 aromatic heterocycles. The first-order valence-electron chi connectivity index (χ1n) is 43.5. The molecule has 0 atom stereocenters. The molecule has 0 amide bonds. The maximum atomic E-state index is 3.91. The van der Waals surface area contributed by atoms with Crippen molar-refractivity contribution in [1.29, 1.82) is 0 Å². The van der Waals surface area contributed by atoms with Crippen LogP contribution >= 0.6 is 0 Å². The second-order valence-electron chi connectivity index (χ2n) is 36.8. The van der Waals surface area contributed by atoms with Crippen molar-refractivity contribution >= 4 is 92.9 Å². The van der Waals surface area contributed by atoms with Crippen molar-refractivity contribution in [2.24, 2.45) is 0 Å². The van der Waals surface area contributed by atoms with Gasteiger partial charge in [0.1, 0.15) is 0 Å². The van der Waals surface area contributed by atoms with Crippen molar-refractivity contribution in [3.8, 4) is 149 Å². The maximum absolute atomic E-state index is 3.91. The van der Waals surface area contributed by atoms with Crippen molar-refractivity contribution in [3.63, 3.8) is 0 Å². The van der Waals surface area contributed by atoms with Gasteiger partial charge in [0.2, 0.25) is 0 Å². The molecule has 14 bridgehead atoms. The Morgan fingerprint density at radius 3 is 0.202 bits per heavy atom. The number of rotatable bonds is 14. The molecule has 0 spiro atoms. The molecule has 0 aliphatic carbocycles. The molecule has 0 N–H and O–H groups in total. The van der Waals surface area contributed by atoms with Gasteiger partial charge in [-0.25, -0.2) is 0 Å². The molecular formula is C112H126Ge7. The van der Waals surface area contributed by atoms with E-state index in [0.29, 0.717) is 66.5 Å². The first kappa shape index (κ1) is 96.6. The molecule has 8 aliphatic rings. The van der Waals surface area contributed by atoms with Gasteiger partial charge < -0.3 is 0 Å². The Bertz CT molecular complexity index is 4350. The topological polar surface area (TPSA) is 0 Å². The van der Waals surface area contributed by atoms with Crippen molar-refractivity contribution in [3.05, 3.63) is 248 Å². The molecule has 8 aliphatic heterocycles. The predicted octanol–water partition coefficient (Wildman–Crippen LogP) is 26.3. The molecule has 7 heteroatoms. The van der Waals surface area contributed by atoms with Crippen molar-refractivity contribution in [2.45, 2.75) is 260 Å². The van der Waals surface area contributed by atoms with Gasteiger partial charge >= 0.3 is 750 Å². The summed E-state index contributed by atoms with van der Waals surface area (Å²) < 4.78 is 59.8. The van der Waals surface area contributed by atoms with E-state index >= 15 is 0 Å². The van der Waals surface area contributed by atoms with Gasteiger partial charge in [-0.3, -0.25) is 0 Å². The van der Waals surface area contributed by atoms with Gasteiger partial charge in [-0.05, 0) is 0 Å². The number of hydrogen-bond donors (Lipinski definition) is 0. The molecule has 0 saturated heterocycles. The van der Waals surface area contributed by atoms with Crippen molar-refractivity contribution in [1.82, 2.24) is 0 Å². The molecule has 0 unspecified atom stereocenters. The molecular weight excluding hydrogens is 1850 g/mol. The van der Waals surface area contributed by atoms with E-state index in [4.69, 9.17) is 0 Å². The summed E-state index contributed by atoms with van der Waals surface area (Å²) in [6, 6.07) is 59.8. The van der Waals surface area contributed by atoms with Crippen LogP contribution in [0.2, 0.25) is 66.5 Å². The van der Waals surface area contributed by atoms with Crippen LogP contribution in [0.25, 0.3) is 0 Å². The Morgan fingerprint density at radius 2 is 0.160 bits per heavy atom. The first-order valence-corrected chi connectivity index (χ1v) is 75.1. The van der Waals surface area contributed by atoms with Gasteiger partial charge in [0.25, 0.3) is 0 Å². The minimum absolute atomic E-state index is 0.367. The summed E-state index contributed by atoms with van der Waals surface area (Å²) in [5.41, 5.74) is 13.9. The van der Waals surface area contributed by atoms with Crippen LogP contribution in [-0.4, -0.2) is 92.9 Å². The zero-order chi connectivity index (χ0) is 87.3. The fraction of sp³-hybridized carbons (Fsp3) is 0.375. The summed E-state index contributed by atoms with van der Waals surface area (Å²) in [7, 11) is 0. The molecule has 119 heavy (non-hydrogen) atoms. The molecule has 7 aromatic carbocycles. The summed E-state index contributed by atoms with van der Waals surface area (Å²) in [4.78, 5) is 0. The molecule has 0 saturated carbocycles. The van der Waals surface area contributed by atoms with Gasteiger partial charge in [0.05, 0.1) is 0 Å². The summed E-state index contributed by atoms with van der Waals surface area (Å²) >= 11 is -22.0. The first-order chi connectivity index (χ1) is 56.3. The quantitative estimate of drug-likeness (QED) is 0.0752. The van der Waals surface area contributed by atoms with E-state index in [1.807, 2.05) is 0 Å². The summed E-state index contributed by atoms with van der Waals surface area (Å²) in [5, 5.41) is 0. The molecule has 7 aromatic rings. The van der Waals surface area contributed by atoms with Gasteiger partial charge in [-0.2, -0.15) is 0 Å². The van der Waals surface area contributed by atoms with Crippen molar-refractivity contribution < 1.29 is 0 Å². The van der Waals surface area contributed by atoms with E-state index in [0.717, 1.165) is 77.9 Å². The van der Waals surface area contributed by atoms with Gasteiger partial charge in [0.15, 0.2) is 0 Å². The predicted molar refractivity (Wildman–Crippen MR) is 533 cm³/mol. The van der Waals surface area contributed by atoms with Crippen LogP contribution in [0, 0.1) is 149 Å². The fourth-order valence-electron chi connectivity index (χ4n) is 15.8. The number of benzene rings is 7. The Balaban J connectivity index is 1.18. The van der Waals surface area contributed by atoms with Crippen LogP contribution in [0.15, 0.2) is 170 Å². The Kier molecular flexibility index (Phi) is 35.2. The van der Waals surface area contributed by atoms with Crippen LogP contribution in [-0.2, 0) is 0 Å². The fourth-order valence-corrected chi connectivity index (χ4v) is 63.6. The van der Waals surface area contributed by atoms with E-state index in [1.165, 1.54) is 0 Å². The second-order valence-corrected chi connectivity index (χ2v) is 104. The summed E-state index contributed by atoms with van der Waals surface area (Å²) in [6.45, 7) is 64.9. The van der Waals surface area contributed by atoms with Gasteiger partial charge in [0, 0.05) is 0 Å².